The molecule has 5 nitrogen and oxygen atoms in total. The van der Waals surface area contributed by atoms with E-state index >= 15 is 0 Å². The van der Waals surface area contributed by atoms with E-state index in [1.165, 1.54) is 18.2 Å². The van der Waals surface area contributed by atoms with Crippen LogP contribution in [0.2, 0.25) is 5.02 Å². The van der Waals surface area contributed by atoms with E-state index in [1.807, 2.05) is 7.05 Å². The van der Waals surface area contributed by atoms with Crippen LogP contribution in [0.25, 0.3) is 0 Å². The third-order valence-corrected chi connectivity index (χ3v) is 5.18. The quantitative estimate of drug-likeness (QED) is 0.825. The second-order valence-corrected chi connectivity index (χ2v) is 7.00. The third kappa shape index (κ3) is 3.60. The van der Waals surface area contributed by atoms with Gasteiger partial charge in [0.05, 0.1) is 15.6 Å². The van der Waals surface area contributed by atoms with Gasteiger partial charge in [0, 0.05) is 6.04 Å². The van der Waals surface area contributed by atoms with Gasteiger partial charge in [0.1, 0.15) is 0 Å². The van der Waals surface area contributed by atoms with Crippen LogP contribution < -0.4 is 10.5 Å². The highest BCUT2D eigenvalue weighted by atomic mass is 35.5. The fourth-order valence-corrected chi connectivity index (χ4v) is 3.56. The van der Waals surface area contributed by atoms with E-state index in [-0.39, 0.29) is 16.6 Å². The molecule has 2 rings (SSSR count). The number of nitrogens with one attached hydrogen (secondary N) is 1. The Morgan fingerprint density at radius 3 is 2.58 bits per heavy atom. The summed E-state index contributed by atoms with van der Waals surface area (Å²) >= 11 is 5.79. The Balaban J connectivity index is 2.11. The zero-order chi connectivity index (χ0) is 14.0. The molecule has 1 aromatic carbocycles. The number of nitrogen functional groups attached to an aromatic ring is 1. The van der Waals surface area contributed by atoms with Crippen LogP contribution in [-0.2, 0) is 10.0 Å². The average molecular weight is 304 g/mol. The number of sulfonamides is 1. The van der Waals surface area contributed by atoms with Crippen molar-refractivity contribution in [3.05, 3.63) is 23.2 Å². The summed E-state index contributed by atoms with van der Waals surface area (Å²) < 4.78 is 27.2. The van der Waals surface area contributed by atoms with E-state index in [1.54, 1.807) is 0 Å². The number of likely N-dealkylation sites (tertiary alicyclic amines) is 1. The third-order valence-electron chi connectivity index (χ3n) is 3.32. The molecule has 0 atom stereocenters. The molecule has 19 heavy (non-hydrogen) atoms. The second kappa shape index (κ2) is 5.66. The highest BCUT2D eigenvalue weighted by molar-refractivity contribution is 7.89. The van der Waals surface area contributed by atoms with Crippen LogP contribution in [0.15, 0.2) is 23.1 Å². The van der Waals surface area contributed by atoms with Gasteiger partial charge < -0.3 is 10.6 Å². The van der Waals surface area contributed by atoms with Crippen LogP contribution in [0.1, 0.15) is 12.8 Å². The van der Waals surface area contributed by atoms with Crippen molar-refractivity contribution in [3.63, 3.8) is 0 Å². The summed E-state index contributed by atoms with van der Waals surface area (Å²) in [4.78, 5) is 2.35. The first kappa shape index (κ1) is 14.6. The van der Waals surface area contributed by atoms with Crippen molar-refractivity contribution in [1.82, 2.24) is 9.62 Å². The van der Waals surface area contributed by atoms with Gasteiger partial charge in [-0.2, -0.15) is 0 Å². The molecular formula is C12H18ClN3O2S. The zero-order valence-electron chi connectivity index (χ0n) is 10.8. The summed E-state index contributed by atoms with van der Waals surface area (Å²) in [6, 6.07) is 4.34. The minimum absolute atomic E-state index is 0.0156. The predicted molar refractivity (Wildman–Crippen MR) is 76.7 cm³/mol. The van der Waals surface area contributed by atoms with Gasteiger partial charge in [0.2, 0.25) is 10.0 Å². The van der Waals surface area contributed by atoms with Crippen LogP contribution in [0.3, 0.4) is 0 Å². The summed E-state index contributed by atoms with van der Waals surface area (Å²) in [5, 5.41) is 0.359. The first-order valence-corrected chi connectivity index (χ1v) is 8.00. The van der Waals surface area contributed by atoms with E-state index in [0.29, 0.717) is 5.02 Å². The molecule has 0 spiro atoms. The molecule has 106 valence electrons. The molecule has 0 aliphatic carbocycles. The maximum atomic E-state index is 12.2. The second-order valence-electron chi connectivity index (χ2n) is 4.88. The van der Waals surface area contributed by atoms with Crippen molar-refractivity contribution >= 4 is 27.3 Å². The Hall–Kier alpha value is -0.820. The van der Waals surface area contributed by atoms with Crippen LogP contribution in [0, 0.1) is 0 Å². The van der Waals surface area contributed by atoms with Gasteiger partial charge in [0.15, 0.2) is 0 Å². The molecule has 0 saturated carbocycles. The minimum atomic E-state index is -3.52. The monoisotopic (exact) mass is 303 g/mol. The first-order chi connectivity index (χ1) is 8.88. The first-order valence-electron chi connectivity index (χ1n) is 6.14. The Labute approximate surface area is 118 Å². The minimum Gasteiger partial charge on any atom is -0.397 e. The summed E-state index contributed by atoms with van der Waals surface area (Å²) in [5.74, 6) is 0. The summed E-state index contributed by atoms with van der Waals surface area (Å²) in [6.07, 6.45) is 1.64. The number of benzene rings is 1. The van der Waals surface area contributed by atoms with Gasteiger partial charge in [-0.3, -0.25) is 0 Å². The maximum absolute atomic E-state index is 12.2. The molecule has 0 bridgehead atoms. The van der Waals surface area contributed by atoms with Crippen molar-refractivity contribution in [2.75, 3.05) is 25.9 Å². The van der Waals surface area contributed by atoms with Crippen LogP contribution >= 0.6 is 11.6 Å². The van der Waals surface area contributed by atoms with Crippen LogP contribution in [0.4, 0.5) is 5.69 Å². The van der Waals surface area contributed by atoms with Crippen LogP contribution in [0.5, 0.6) is 0 Å². The van der Waals surface area contributed by atoms with Gasteiger partial charge in [-0.25, -0.2) is 13.1 Å². The lowest BCUT2D eigenvalue weighted by Gasteiger charge is -2.29. The molecule has 1 aliphatic heterocycles. The van der Waals surface area contributed by atoms with E-state index in [9.17, 15) is 8.42 Å². The molecule has 0 aromatic heterocycles. The lowest BCUT2D eigenvalue weighted by Crippen LogP contribution is -2.43. The smallest absolute Gasteiger partial charge is 0.240 e. The average Bonchev–Trinajstić information content (AvgIpc) is 2.35. The topological polar surface area (TPSA) is 75.4 Å². The molecule has 1 heterocycles. The number of halogens is 1. The van der Waals surface area contributed by atoms with E-state index in [0.717, 1.165) is 25.9 Å². The Morgan fingerprint density at radius 1 is 1.37 bits per heavy atom. The number of anilines is 1. The van der Waals surface area contributed by atoms with Gasteiger partial charge >= 0.3 is 0 Å². The Bertz CT molecular complexity index is 554. The molecule has 1 saturated heterocycles. The highest BCUT2D eigenvalue weighted by Gasteiger charge is 2.23. The molecule has 0 unspecified atom stereocenters. The molecule has 7 heteroatoms. The number of hydrogen-bond acceptors (Lipinski definition) is 4. The van der Waals surface area contributed by atoms with Crippen molar-refractivity contribution in [3.8, 4) is 0 Å². The van der Waals surface area contributed by atoms with Gasteiger partial charge in [-0.15, -0.1) is 0 Å². The van der Waals surface area contributed by atoms with Crippen molar-refractivity contribution < 1.29 is 8.42 Å². The summed E-state index contributed by atoms with van der Waals surface area (Å²) in [6.45, 7) is 1.80. The standard InChI is InChI=1S/C12H18ClN3O2S/c1-16-6-4-9(5-7-16)15-19(17,18)10-2-3-11(13)12(14)8-10/h2-3,8-9,15H,4-7,14H2,1H3. The van der Waals surface area contributed by atoms with E-state index < -0.39 is 10.0 Å². The molecule has 3 N–H and O–H groups in total. The number of piperidine rings is 1. The fourth-order valence-electron chi connectivity index (χ4n) is 2.10. The summed E-state index contributed by atoms with van der Waals surface area (Å²) in [7, 11) is -1.49. The zero-order valence-corrected chi connectivity index (χ0v) is 12.3. The normalized spacial score (nSPS) is 18.6. The Kier molecular flexibility index (Phi) is 4.35. The van der Waals surface area contributed by atoms with Crippen molar-refractivity contribution in [1.29, 1.82) is 0 Å². The maximum Gasteiger partial charge on any atom is 0.240 e. The lowest BCUT2D eigenvalue weighted by molar-refractivity contribution is 0.248. The van der Waals surface area contributed by atoms with Crippen molar-refractivity contribution in [2.24, 2.45) is 0 Å². The number of nitrogens with zero attached hydrogens (tertiary/aromatic N) is 1. The predicted octanol–water partition coefficient (Wildman–Crippen LogP) is 1.29. The molecule has 1 aromatic rings. The van der Waals surface area contributed by atoms with Crippen LogP contribution in [-0.4, -0.2) is 39.5 Å². The molecular weight excluding hydrogens is 286 g/mol. The molecule has 1 fully saturated rings. The van der Waals surface area contributed by atoms with E-state index in [2.05, 4.69) is 9.62 Å². The van der Waals surface area contributed by atoms with Gasteiger partial charge in [-0.1, -0.05) is 11.6 Å². The highest BCUT2D eigenvalue weighted by Crippen LogP contribution is 2.22. The molecule has 0 amide bonds. The number of rotatable bonds is 3. The number of nitrogens with two attached hydrogens (primary N) is 1. The van der Waals surface area contributed by atoms with Crippen molar-refractivity contribution in [2.45, 2.75) is 23.8 Å². The fraction of sp³-hybridized carbons (Fsp3) is 0.500. The largest absolute Gasteiger partial charge is 0.397 e. The van der Waals surface area contributed by atoms with Gasteiger partial charge in [0.25, 0.3) is 0 Å². The van der Waals surface area contributed by atoms with Gasteiger partial charge in [-0.05, 0) is 51.2 Å². The Morgan fingerprint density at radius 2 is 2.00 bits per heavy atom. The lowest BCUT2D eigenvalue weighted by atomic mass is 10.1. The SMILES string of the molecule is CN1CCC(NS(=O)(=O)c2ccc(Cl)c(N)c2)CC1. The number of hydrogen-bond donors (Lipinski definition) is 2. The molecule has 1 aliphatic rings. The summed E-state index contributed by atoms with van der Waals surface area (Å²) in [5.41, 5.74) is 5.91. The van der Waals surface area contributed by atoms with E-state index in [4.69, 9.17) is 17.3 Å². The molecule has 0 radical (unpaired) electrons.